The predicted molar refractivity (Wildman–Crippen MR) is 95.4 cm³/mol. The Kier molecular flexibility index (Phi) is 6.13. The topological polar surface area (TPSA) is 49.4 Å². The molecule has 1 N–H and O–H groups in total. The van der Waals surface area contributed by atoms with Gasteiger partial charge in [-0.25, -0.2) is 0 Å². The maximum absolute atomic E-state index is 12.8. The summed E-state index contributed by atoms with van der Waals surface area (Å²) in [5.74, 6) is -0.220. The summed E-state index contributed by atoms with van der Waals surface area (Å²) in [6.45, 7) is 4.20. The van der Waals surface area contributed by atoms with Crippen molar-refractivity contribution >= 4 is 11.8 Å². The zero-order chi connectivity index (χ0) is 17.5. The van der Waals surface area contributed by atoms with Gasteiger partial charge in [-0.3, -0.25) is 9.59 Å². The van der Waals surface area contributed by atoms with Crippen LogP contribution >= 0.6 is 0 Å². The van der Waals surface area contributed by atoms with Gasteiger partial charge in [0.25, 0.3) is 0 Å². The van der Waals surface area contributed by atoms with E-state index in [-0.39, 0.29) is 18.2 Å². The lowest BCUT2D eigenvalue weighted by molar-refractivity contribution is -0.139. The highest BCUT2D eigenvalue weighted by molar-refractivity contribution is 5.88. The lowest BCUT2D eigenvalue weighted by atomic mass is 10.1. The highest BCUT2D eigenvalue weighted by Gasteiger charge is 2.25. The van der Waals surface area contributed by atoms with Gasteiger partial charge < -0.3 is 10.2 Å². The third-order valence-corrected chi connectivity index (χ3v) is 4.05. The van der Waals surface area contributed by atoms with E-state index in [4.69, 9.17) is 0 Å². The summed E-state index contributed by atoms with van der Waals surface area (Å²) in [5, 5.41) is 2.63. The van der Waals surface area contributed by atoms with Crippen LogP contribution in [0.5, 0.6) is 0 Å². The average molecular weight is 324 g/mol. The van der Waals surface area contributed by atoms with Crippen LogP contribution in [0.2, 0.25) is 0 Å². The van der Waals surface area contributed by atoms with Crippen molar-refractivity contribution < 1.29 is 9.59 Å². The number of benzene rings is 2. The molecule has 0 bridgehead atoms. The van der Waals surface area contributed by atoms with Crippen molar-refractivity contribution in [3.63, 3.8) is 0 Å². The Balaban J connectivity index is 2.21. The van der Waals surface area contributed by atoms with Gasteiger partial charge in [-0.05, 0) is 25.0 Å². The largest absolute Gasteiger partial charge is 0.357 e. The first-order valence-electron chi connectivity index (χ1n) is 8.12. The molecule has 2 rings (SSSR count). The molecule has 1 atom stereocenters. The Labute approximate surface area is 143 Å². The first-order chi connectivity index (χ1) is 11.5. The quantitative estimate of drug-likeness (QED) is 0.888. The number of carbonyl (C=O) groups is 2. The minimum absolute atomic E-state index is 0.0567. The summed E-state index contributed by atoms with van der Waals surface area (Å²) in [7, 11) is 1.59. The van der Waals surface area contributed by atoms with E-state index in [1.807, 2.05) is 61.5 Å². The molecule has 0 saturated carbocycles. The van der Waals surface area contributed by atoms with Crippen LogP contribution in [0.3, 0.4) is 0 Å². The molecular formula is C20H24N2O2. The highest BCUT2D eigenvalue weighted by atomic mass is 16.2. The molecular weight excluding hydrogens is 300 g/mol. The van der Waals surface area contributed by atoms with E-state index in [0.29, 0.717) is 6.54 Å². The molecule has 0 saturated heterocycles. The Morgan fingerprint density at radius 2 is 1.71 bits per heavy atom. The van der Waals surface area contributed by atoms with Gasteiger partial charge in [0, 0.05) is 13.6 Å². The minimum Gasteiger partial charge on any atom is -0.357 e. The van der Waals surface area contributed by atoms with Crippen molar-refractivity contribution in [3.8, 4) is 0 Å². The average Bonchev–Trinajstić information content (AvgIpc) is 2.59. The predicted octanol–water partition coefficient (Wildman–Crippen LogP) is 2.70. The number of hydrogen-bond acceptors (Lipinski definition) is 2. The van der Waals surface area contributed by atoms with Crippen molar-refractivity contribution in [1.29, 1.82) is 0 Å². The van der Waals surface area contributed by atoms with Gasteiger partial charge in [0.1, 0.15) is 6.04 Å². The molecule has 0 aliphatic carbocycles. The molecule has 0 spiro atoms. The van der Waals surface area contributed by atoms with Crippen LogP contribution in [-0.4, -0.2) is 29.8 Å². The maximum Gasteiger partial charge on any atom is 0.242 e. The van der Waals surface area contributed by atoms with Crippen LogP contribution < -0.4 is 5.32 Å². The monoisotopic (exact) mass is 324 g/mol. The van der Waals surface area contributed by atoms with E-state index in [1.165, 1.54) is 0 Å². The molecule has 0 fully saturated rings. The number of nitrogens with zero attached hydrogens (tertiary/aromatic N) is 1. The normalized spacial score (nSPS) is 11.6. The van der Waals surface area contributed by atoms with Gasteiger partial charge in [-0.2, -0.15) is 0 Å². The molecule has 0 unspecified atom stereocenters. The third kappa shape index (κ3) is 4.69. The Morgan fingerprint density at radius 1 is 1.04 bits per heavy atom. The van der Waals surface area contributed by atoms with E-state index in [0.717, 1.165) is 16.7 Å². The zero-order valence-electron chi connectivity index (χ0n) is 14.5. The summed E-state index contributed by atoms with van der Waals surface area (Å²) in [6.07, 6.45) is 0.286. The SMILES string of the molecule is CNC(=O)[C@@H](C)N(Cc1cccc(C)c1)C(=O)Cc1ccccc1. The van der Waals surface area contributed by atoms with Gasteiger partial charge in [-0.15, -0.1) is 0 Å². The van der Waals surface area contributed by atoms with Crippen LogP contribution in [0, 0.1) is 6.92 Å². The fraction of sp³-hybridized carbons (Fsp3) is 0.300. The van der Waals surface area contributed by atoms with E-state index in [1.54, 1.807) is 18.9 Å². The van der Waals surface area contributed by atoms with Gasteiger partial charge in [0.2, 0.25) is 11.8 Å². The molecule has 0 heterocycles. The van der Waals surface area contributed by atoms with Gasteiger partial charge in [0.05, 0.1) is 6.42 Å². The second kappa shape index (κ2) is 8.29. The number of aryl methyl sites for hydroxylation is 1. The first-order valence-corrected chi connectivity index (χ1v) is 8.12. The summed E-state index contributed by atoms with van der Waals surface area (Å²) in [4.78, 5) is 26.5. The Morgan fingerprint density at radius 3 is 2.33 bits per heavy atom. The molecule has 4 nitrogen and oxygen atoms in total. The van der Waals surface area contributed by atoms with Crippen LogP contribution in [-0.2, 0) is 22.6 Å². The molecule has 2 aromatic rings. The number of nitrogens with one attached hydrogen (secondary N) is 1. The van der Waals surface area contributed by atoms with Crippen LogP contribution in [0.1, 0.15) is 23.6 Å². The molecule has 24 heavy (non-hydrogen) atoms. The number of carbonyl (C=O) groups excluding carboxylic acids is 2. The van der Waals surface area contributed by atoms with Gasteiger partial charge in [-0.1, -0.05) is 60.2 Å². The molecule has 0 aliphatic heterocycles. The molecule has 0 radical (unpaired) electrons. The van der Waals surface area contributed by atoms with E-state index in [2.05, 4.69) is 5.32 Å². The molecule has 0 aliphatic rings. The lowest BCUT2D eigenvalue weighted by Crippen LogP contribution is -2.47. The number of rotatable bonds is 6. The molecule has 4 heteroatoms. The van der Waals surface area contributed by atoms with E-state index < -0.39 is 6.04 Å². The van der Waals surface area contributed by atoms with E-state index in [9.17, 15) is 9.59 Å². The summed E-state index contributed by atoms with van der Waals surface area (Å²) in [5.41, 5.74) is 3.10. The third-order valence-electron chi connectivity index (χ3n) is 4.05. The molecule has 126 valence electrons. The lowest BCUT2D eigenvalue weighted by Gasteiger charge is -2.28. The Hall–Kier alpha value is -2.62. The van der Waals surface area contributed by atoms with Crippen molar-refractivity contribution in [2.24, 2.45) is 0 Å². The Bertz CT molecular complexity index is 698. The zero-order valence-corrected chi connectivity index (χ0v) is 14.5. The van der Waals surface area contributed by atoms with Gasteiger partial charge in [0.15, 0.2) is 0 Å². The van der Waals surface area contributed by atoms with E-state index >= 15 is 0 Å². The fourth-order valence-electron chi connectivity index (χ4n) is 2.67. The van der Waals surface area contributed by atoms with Crippen molar-refractivity contribution in [2.75, 3.05) is 7.05 Å². The van der Waals surface area contributed by atoms with Crippen LogP contribution in [0.25, 0.3) is 0 Å². The van der Waals surface area contributed by atoms with Crippen molar-refractivity contribution in [2.45, 2.75) is 32.9 Å². The second-order valence-electron chi connectivity index (χ2n) is 5.96. The summed E-state index contributed by atoms with van der Waals surface area (Å²) in [6, 6.07) is 17.1. The number of hydrogen-bond donors (Lipinski definition) is 1. The van der Waals surface area contributed by atoms with Crippen molar-refractivity contribution in [1.82, 2.24) is 10.2 Å². The number of amides is 2. The molecule has 0 aromatic heterocycles. The fourth-order valence-corrected chi connectivity index (χ4v) is 2.67. The second-order valence-corrected chi connectivity index (χ2v) is 5.96. The minimum atomic E-state index is -0.522. The molecule has 2 aromatic carbocycles. The van der Waals surface area contributed by atoms with Crippen LogP contribution in [0.15, 0.2) is 54.6 Å². The van der Waals surface area contributed by atoms with Crippen molar-refractivity contribution in [3.05, 3.63) is 71.3 Å². The maximum atomic E-state index is 12.8. The first kappa shape index (κ1) is 17.7. The summed E-state index contributed by atoms with van der Waals surface area (Å²) < 4.78 is 0. The van der Waals surface area contributed by atoms with Gasteiger partial charge >= 0.3 is 0 Å². The van der Waals surface area contributed by atoms with Crippen LogP contribution in [0.4, 0.5) is 0 Å². The number of likely N-dealkylation sites (N-methyl/N-ethyl adjacent to an activating group) is 1. The molecule has 2 amide bonds. The standard InChI is InChI=1S/C20H24N2O2/c1-15-8-7-11-18(12-15)14-22(16(2)20(24)21-3)19(23)13-17-9-5-4-6-10-17/h4-12,16H,13-14H2,1-3H3,(H,21,24)/t16-/m1/s1. The smallest absolute Gasteiger partial charge is 0.242 e. The summed E-state index contributed by atoms with van der Waals surface area (Å²) >= 11 is 0. The highest BCUT2D eigenvalue weighted by Crippen LogP contribution is 2.13.